The van der Waals surface area contributed by atoms with Crippen molar-refractivity contribution in [3.63, 3.8) is 0 Å². The van der Waals surface area contributed by atoms with Crippen molar-refractivity contribution in [3.8, 4) is 0 Å². The molecule has 2 fully saturated rings. The zero-order chi connectivity index (χ0) is 19.1. The number of hydrogen-bond acceptors (Lipinski definition) is 6. The molecule has 0 radical (unpaired) electrons. The van der Waals surface area contributed by atoms with Crippen molar-refractivity contribution in [1.82, 2.24) is 19.8 Å². The molecule has 7 heteroatoms. The number of nitrogens with one attached hydrogen (secondary N) is 1. The Labute approximate surface area is 163 Å². The number of carbonyl (C=O) groups excluding carboxylic acids is 1. The lowest BCUT2D eigenvalue weighted by Gasteiger charge is -2.34. The van der Waals surface area contributed by atoms with E-state index in [4.69, 9.17) is 0 Å². The summed E-state index contributed by atoms with van der Waals surface area (Å²) in [5.74, 6) is 2.77. The molecule has 7 nitrogen and oxygen atoms in total. The van der Waals surface area contributed by atoms with E-state index in [1.165, 1.54) is 6.42 Å². The van der Waals surface area contributed by atoms with Crippen LogP contribution in [-0.4, -0.2) is 78.5 Å². The fraction of sp³-hybridized carbons (Fsp3) is 0.750. The summed E-state index contributed by atoms with van der Waals surface area (Å²) in [5, 5.41) is 3.25. The van der Waals surface area contributed by atoms with Gasteiger partial charge in [0.2, 0.25) is 5.91 Å². The number of amides is 1. The Hall–Kier alpha value is -1.89. The van der Waals surface area contributed by atoms with E-state index >= 15 is 0 Å². The summed E-state index contributed by atoms with van der Waals surface area (Å²) >= 11 is 0. The molecule has 0 aromatic carbocycles. The normalized spacial score (nSPS) is 21.8. The molecule has 2 aliphatic heterocycles. The summed E-state index contributed by atoms with van der Waals surface area (Å²) in [6.07, 6.45) is 6.74. The zero-order valence-corrected chi connectivity index (χ0v) is 16.9. The maximum atomic E-state index is 12.6. The van der Waals surface area contributed by atoms with Gasteiger partial charge in [-0.25, -0.2) is 9.97 Å². The highest BCUT2D eigenvalue weighted by atomic mass is 16.2. The van der Waals surface area contributed by atoms with Crippen LogP contribution in [0.15, 0.2) is 12.4 Å². The average molecular weight is 375 g/mol. The number of piperidine rings is 1. The van der Waals surface area contributed by atoms with Gasteiger partial charge < -0.3 is 20.0 Å². The van der Waals surface area contributed by atoms with Crippen molar-refractivity contribution in [1.29, 1.82) is 0 Å². The van der Waals surface area contributed by atoms with Crippen LogP contribution in [-0.2, 0) is 4.79 Å². The Morgan fingerprint density at radius 1 is 1.19 bits per heavy atom. The maximum absolute atomic E-state index is 12.6. The van der Waals surface area contributed by atoms with Crippen LogP contribution in [0.25, 0.3) is 0 Å². The number of aromatic nitrogens is 2. The monoisotopic (exact) mass is 374 g/mol. The molecular formula is C20H34N6O. The summed E-state index contributed by atoms with van der Waals surface area (Å²) in [7, 11) is 2.14. The number of carbonyl (C=O) groups is 1. The highest BCUT2D eigenvalue weighted by molar-refractivity contribution is 5.76. The van der Waals surface area contributed by atoms with Crippen LogP contribution in [0.1, 0.15) is 39.0 Å². The lowest BCUT2D eigenvalue weighted by molar-refractivity contribution is -0.131. The molecule has 3 heterocycles. The van der Waals surface area contributed by atoms with Gasteiger partial charge in [0.25, 0.3) is 0 Å². The van der Waals surface area contributed by atoms with E-state index in [0.717, 1.165) is 76.7 Å². The molecule has 2 saturated heterocycles. The lowest BCUT2D eigenvalue weighted by atomic mass is 9.93. The first-order valence-corrected chi connectivity index (χ1v) is 10.4. The van der Waals surface area contributed by atoms with Crippen LogP contribution < -0.4 is 10.2 Å². The summed E-state index contributed by atoms with van der Waals surface area (Å²) in [5.41, 5.74) is 0. The van der Waals surface area contributed by atoms with Crippen molar-refractivity contribution in [2.45, 2.75) is 39.0 Å². The molecular weight excluding hydrogens is 340 g/mol. The summed E-state index contributed by atoms with van der Waals surface area (Å²) in [4.78, 5) is 28.1. The Balaban J connectivity index is 1.49. The summed E-state index contributed by atoms with van der Waals surface area (Å²) < 4.78 is 0. The highest BCUT2D eigenvalue weighted by Crippen LogP contribution is 2.25. The van der Waals surface area contributed by atoms with Crippen LogP contribution in [0.2, 0.25) is 0 Å². The van der Waals surface area contributed by atoms with Crippen molar-refractivity contribution < 1.29 is 4.79 Å². The van der Waals surface area contributed by atoms with Crippen molar-refractivity contribution in [3.05, 3.63) is 12.4 Å². The first-order chi connectivity index (χ1) is 13.2. The molecule has 2 aliphatic rings. The Morgan fingerprint density at radius 2 is 2.07 bits per heavy atom. The third-order valence-electron chi connectivity index (χ3n) is 5.69. The molecule has 1 N–H and O–H groups in total. The third kappa shape index (κ3) is 5.79. The van der Waals surface area contributed by atoms with Crippen LogP contribution in [0.5, 0.6) is 0 Å². The van der Waals surface area contributed by atoms with Gasteiger partial charge in [-0.1, -0.05) is 0 Å². The van der Waals surface area contributed by atoms with Gasteiger partial charge in [-0.15, -0.1) is 0 Å². The van der Waals surface area contributed by atoms with Gasteiger partial charge in [-0.05, 0) is 52.1 Å². The van der Waals surface area contributed by atoms with E-state index in [1.807, 2.05) is 6.07 Å². The lowest BCUT2D eigenvalue weighted by Crippen LogP contribution is -2.38. The van der Waals surface area contributed by atoms with Gasteiger partial charge in [0.05, 0.1) is 0 Å². The fourth-order valence-corrected chi connectivity index (χ4v) is 4.09. The van der Waals surface area contributed by atoms with Gasteiger partial charge in [0.1, 0.15) is 18.0 Å². The highest BCUT2D eigenvalue weighted by Gasteiger charge is 2.23. The first kappa shape index (κ1) is 19.9. The first-order valence-electron chi connectivity index (χ1n) is 10.4. The molecule has 0 saturated carbocycles. The molecule has 3 rings (SSSR count). The standard InChI is InChI=1S/C20H34N6O/c1-3-21-18-14-19(23-16-22-18)26-10-4-6-17(15-26)7-8-20(27)25-11-5-9-24(2)12-13-25/h14,16-17H,3-13,15H2,1-2H3,(H,21,22,23). The minimum atomic E-state index is 0.332. The van der Waals surface area contributed by atoms with Crippen molar-refractivity contribution in [2.75, 3.05) is 63.1 Å². The van der Waals surface area contributed by atoms with E-state index in [9.17, 15) is 4.79 Å². The van der Waals surface area contributed by atoms with E-state index in [-0.39, 0.29) is 0 Å². The second kappa shape index (κ2) is 9.88. The largest absolute Gasteiger partial charge is 0.370 e. The molecule has 1 atom stereocenters. The van der Waals surface area contributed by atoms with Gasteiger partial charge in [-0.3, -0.25) is 4.79 Å². The zero-order valence-electron chi connectivity index (χ0n) is 16.9. The van der Waals surface area contributed by atoms with Crippen molar-refractivity contribution in [2.24, 2.45) is 5.92 Å². The molecule has 0 aliphatic carbocycles. The molecule has 150 valence electrons. The van der Waals surface area contributed by atoms with Gasteiger partial charge in [0.15, 0.2) is 0 Å². The van der Waals surface area contributed by atoms with Crippen LogP contribution in [0.4, 0.5) is 11.6 Å². The minimum absolute atomic E-state index is 0.332. The number of hydrogen-bond donors (Lipinski definition) is 1. The Bertz CT molecular complexity index is 610. The van der Waals surface area contributed by atoms with Crippen LogP contribution in [0.3, 0.4) is 0 Å². The molecule has 1 aromatic heterocycles. The SMILES string of the molecule is CCNc1cc(N2CCCC(CCC(=O)N3CCCN(C)CC3)C2)ncn1. The van der Waals surface area contributed by atoms with Gasteiger partial charge >= 0.3 is 0 Å². The predicted octanol–water partition coefficient (Wildman–Crippen LogP) is 2.07. The predicted molar refractivity (Wildman–Crippen MR) is 109 cm³/mol. The second-order valence-corrected chi connectivity index (χ2v) is 7.82. The van der Waals surface area contributed by atoms with E-state index in [2.05, 4.69) is 44.0 Å². The summed E-state index contributed by atoms with van der Waals surface area (Å²) in [6.45, 7) is 8.81. The molecule has 0 spiro atoms. The van der Waals surface area contributed by atoms with E-state index in [0.29, 0.717) is 18.2 Å². The average Bonchev–Trinajstić information content (AvgIpc) is 2.91. The summed E-state index contributed by atoms with van der Waals surface area (Å²) in [6, 6.07) is 2.03. The Kier molecular flexibility index (Phi) is 7.26. The van der Waals surface area contributed by atoms with E-state index < -0.39 is 0 Å². The number of anilines is 2. The smallest absolute Gasteiger partial charge is 0.222 e. The molecule has 27 heavy (non-hydrogen) atoms. The van der Waals surface area contributed by atoms with Crippen LogP contribution in [0, 0.1) is 5.92 Å². The maximum Gasteiger partial charge on any atom is 0.222 e. The topological polar surface area (TPSA) is 64.6 Å². The van der Waals surface area contributed by atoms with E-state index in [1.54, 1.807) is 6.33 Å². The quantitative estimate of drug-likeness (QED) is 0.822. The fourth-order valence-electron chi connectivity index (χ4n) is 4.09. The third-order valence-corrected chi connectivity index (χ3v) is 5.69. The molecule has 1 aromatic rings. The van der Waals surface area contributed by atoms with Gasteiger partial charge in [-0.2, -0.15) is 0 Å². The second-order valence-electron chi connectivity index (χ2n) is 7.82. The number of likely N-dealkylation sites (N-methyl/N-ethyl adjacent to an activating group) is 1. The van der Waals surface area contributed by atoms with Crippen LogP contribution >= 0.6 is 0 Å². The number of rotatable bonds is 6. The minimum Gasteiger partial charge on any atom is -0.370 e. The molecule has 0 bridgehead atoms. The Morgan fingerprint density at radius 3 is 2.93 bits per heavy atom. The molecule has 1 unspecified atom stereocenters. The van der Waals surface area contributed by atoms with Gasteiger partial charge in [0, 0.05) is 51.8 Å². The van der Waals surface area contributed by atoms with Crippen molar-refractivity contribution >= 4 is 17.5 Å². The number of nitrogens with zero attached hydrogens (tertiary/aromatic N) is 5. The molecule has 1 amide bonds.